The van der Waals surface area contributed by atoms with E-state index in [9.17, 15) is 18.0 Å². The van der Waals surface area contributed by atoms with Crippen molar-refractivity contribution in [1.82, 2.24) is 9.78 Å². The average Bonchev–Trinajstić information content (AvgIpc) is 3.27. The fourth-order valence-corrected chi connectivity index (χ4v) is 3.84. The van der Waals surface area contributed by atoms with Crippen molar-refractivity contribution in [3.05, 3.63) is 44.9 Å². The van der Waals surface area contributed by atoms with Gasteiger partial charge in [0.2, 0.25) is 5.78 Å². The number of hydrogen-bond acceptors (Lipinski definition) is 5. The molecule has 7 nitrogen and oxygen atoms in total. The number of sulfone groups is 1. The van der Waals surface area contributed by atoms with E-state index in [1.807, 2.05) is 0 Å². The van der Waals surface area contributed by atoms with Crippen LogP contribution in [0.2, 0.25) is 0 Å². The quantitative estimate of drug-likeness (QED) is 0.785. The van der Waals surface area contributed by atoms with Gasteiger partial charge in [-0.2, -0.15) is 0 Å². The van der Waals surface area contributed by atoms with Crippen molar-refractivity contribution in [2.45, 2.75) is 37.6 Å². The molecule has 0 bridgehead atoms. The van der Waals surface area contributed by atoms with Gasteiger partial charge in [-0.3, -0.25) is 19.4 Å². The van der Waals surface area contributed by atoms with Gasteiger partial charge < -0.3 is 5.32 Å². The Hall–Kier alpha value is -2.35. The predicted molar refractivity (Wildman–Crippen MR) is 95.1 cm³/mol. The first-order valence-corrected chi connectivity index (χ1v) is 9.91. The Kier molecular flexibility index (Phi) is 4.10. The maximum atomic E-state index is 12.9. The Labute approximate surface area is 146 Å². The monoisotopic (exact) mass is 363 g/mol. The van der Waals surface area contributed by atoms with E-state index in [0.29, 0.717) is 22.5 Å². The predicted octanol–water partition coefficient (Wildman–Crippen LogP) is 1.54. The van der Waals surface area contributed by atoms with Crippen LogP contribution in [0.4, 0.5) is 5.69 Å². The van der Waals surface area contributed by atoms with Gasteiger partial charge in [0.05, 0.1) is 10.6 Å². The molecular formula is C17H21N3O4S. The molecule has 8 heteroatoms. The molecule has 25 heavy (non-hydrogen) atoms. The highest BCUT2D eigenvalue weighted by Crippen LogP contribution is 2.34. The molecule has 1 aromatic heterocycles. The summed E-state index contributed by atoms with van der Waals surface area (Å²) in [5.74, 6) is -0.407. The fraction of sp³-hybridized carbons (Fsp3) is 0.412. The van der Waals surface area contributed by atoms with Gasteiger partial charge in [0.25, 0.3) is 5.56 Å². The standard InChI is InChI=1S/C17H21N3O4S/c1-9-12(16(21)14-10(2)19-20(3)17(14)22)7-8-13(25(4,23)24)15(9)18-11-5-6-11/h7-8,11,18-19H,5-6H2,1-4H3. The van der Waals surface area contributed by atoms with Crippen LogP contribution < -0.4 is 10.9 Å². The lowest BCUT2D eigenvalue weighted by Crippen LogP contribution is -2.21. The Morgan fingerprint density at radius 3 is 2.40 bits per heavy atom. The van der Waals surface area contributed by atoms with Gasteiger partial charge in [0.15, 0.2) is 9.84 Å². The summed E-state index contributed by atoms with van der Waals surface area (Å²) in [5.41, 5.74) is 1.50. The Morgan fingerprint density at radius 1 is 1.28 bits per heavy atom. The average molecular weight is 363 g/mol. The highest BCUT2D eigenvalue weighted by molar-refractivity contribution is 7.90. The number of rotatable bonds is 5. The van der Waals surface area contributed by atoms with E-state index in [1.165, 1.54) is 16.8 Å². The van der Waals surface area contributed by atoms with Crippen LogP contribution in [0.1, 0.15) is 40.0 Å². The molecule has 2 N–H and O–H groups in total. The van der Waals surface area contributed by atoms with E-state index in [-0.39, 0.29) is 16.5 Å². The zero-order chi connectivity index (χ0) is 18.5. The summed E-state index contributed by atoms with van der Waals surface area (Å²) in [6, 6.07) is 3.15. The van der Waals surface area contributed by atoms with Crippen LogP contribution in [0.25, 0.3) is 0 Å². The normalized spacial score (nSPS) is 14.6. The third kappa shape index (κ3) is 3.13. The molecule has 0 aliphatic heterocycles. The number of benzene rings is 1. The number of nitrogens with one attached hydrogen (secondary N) is 2. The van der Waals surface area contributed by atoms with E-state index in [4.69, 9.17) is 0 Å². The lowest BCUT2D eigenvalue weighted by molar-refractivity contribution is 0.103. The summed E-state index contributed by atoms with van der Waals surface area (Å²) < 4.78 is 25.4. The van der Waals surface area contributed by atoms with Gasteiger partial charge in [-0.15, -0.1) is 0 Å². The fourth-order valence-electron chi connectivity index (χ4n) is 2.94. The molecule has 1 heterocycles. The maximum absolute atomic E-state index is 12.9. The minimum atomic E-state index is -3.44. The summed E-state index contributed by atoms with van der Waals surface area (Å²) in [7, 11) is -1.89. The van der Waals surface area contributed by atoms with Crippen LogP contribution in [-0.4, -0.2) is 36.3 Å². The smallest absolute Gasteiger partial charge is 0.277 e. The molecule has 2 aromatic rings. The van der Waals surface area contributed by atoms with Gasteiger partial charge in [0.1, 0.15) is 5.56 Å². The number of aromatic nitrogens is 2. The van der Waals surface area contributed by atoms with E-state index >= 15 is 0 Å². The Morgan fingerprint density at radius 2 is 1.92 bits per heavy atom. The molecule has 0 amide bonds. The molecule has 1 aliphatic rings. The van der Waals surface area contributed by atoms with Gasteiger partial charge in [-0.05, 0) is 44.4 Å². The highest BCUT2D eigenvalue weighted by atomic mass is 32.2. The third-order valence-electron chi connectivity index (χ3n) is 4.45. The van der Waals surface area contributed by atoms with Crippen molar-refractivity contribution in [2.75, 3.05) is 11.6 Å². The molecule has 0 atom stereocenters. The van der Waals surface area contributed by atoms with E-state index in [1.54, 1.807) is 20.9 Å². The molecular weight excluding hydrogens is 342 g/mol. The molecule has 0 unspecified atom stereocenters. The lowest BCUT2D eigenvalue weighted by atomic mass is 9.98. The Bertz CT molecular complexity index is 1030. The molecule has 0 saturated heterocycles. The number of carbonyl (C=O) groups is 1. The summed E-state index contributed by atoms with van der Waals surface area (Å²) in [4.78, 5) is 25.3. The topological polar surface area (TPSA) is 101 Å². The van der Waals surface area contributed by atoms with Gasteiger partial charge in [0, 0.05) is 30.6 Å². The van der Waals surface area contributed by atoms with Crippen molar-refractivity contribution in [3.8, 4) is 0 Å². The summed E-state index contributed by atoms with van der Waals surface area (Å²) in [6.45, 7) is 3.37. The zero-order valence-electron chi connectivity index (χ0n) is 14.6. The number of aryl methyl sites for hydroxylation is 2. The number of H-pyrrole nitrogens is 1. The molecule has 1 aliphatic carbocycles. The molecule has 0 spiro atoms. The maximum Gasteiger partial charge on any atom is 0.277 e. The van der Waals surface area contributed by atoms with Crippen molar-refractivity contribution in [2.24, 2.45) is 7.05 Å². The first kappa shape index (κ1) is 17.5. The van der Waals surface area contributed by atoms with Crippen molar-refractivity contribution in [3.63, 3.8) is 0 Å². The number of ketones is 1. The number of anilines is 1. The van der Waals surface area contributed by atoms with Crippen LogP contribution in [0.5, 0.6) is 0 Å². The molecule has 3 rings (SSSR count). The number of hydrogen-bond donors (Lipinski definition) is 2. The molecule has 1 aromatic carbocycles. The molecule has 0 radical (unpaired) electrons. The third-order valence-corrected chi connectivity index (χ3v) is 5.59. The zero-order valence-corrected chi connectivity index (χ0v) is 15.5. The SMILES string of the molecule is Cc1[nH]n(C)c(=O)c1C(=O)c1ccc(S(C)(=O)=O)c(NC2CC2)c1C. The van der Waals surface area contributed by atoms with Crippen LogP contribution >= 0.6 is 0 Å². The van der Waals surface area contributed by atoms with Crippen molar-refractivity contribution in [1.29, 1.82) is 0 Å². The molecule has 134 valence electrons. The summed E-state index contributed by atoms with van der Waals surface area (Å²) in [5, 5.41) is 6.03. The van der Waals surface area contributed by atoms with E-state index in [0.717, 1.165) is 19.1 Å². The second-order valence-corrected chi connectivity index (χ2v) is 8.59. The van der Waals surface area contributed by atoms with Crippen molar-refractivity contribution >= 4 is 21.3 Å². The summed E-state index contributed by atoms with van der Waals surface area (Å²) >= 11 is 0. The number of nitrogens with zero attached hydrogens (tertiary/aromatic N) is 1. The first-order valence-electron chi connectivity index (χ1n) is 8.01. The largest absolute Gasteiger partial charge is 0.381 e. The lowest BCUT2D eigenvalue weighted by Gasteiger charge is -2.16. The number of aromatic amines is 1. The summed E-state index contributed by atoms with van der Waals surface area (Å²) in [6.07, 6.45) is 3.09. The van der Waals surface area contributed by atoms with Crippen LogP contribution in [0, 0.1) is 13.8 Å². The molecule has 1 fully saturated rings. The second kappa shape index (κ2) is 5.87. The van der Waals surface area contributed by atoms with Gasteiger partial charge in [-0.1, -0.05) is 0 Å². The van der Waals surface area contributed by atoms with Crippen molar-refractivity contribution < 1.29 is 13.2 Å². The minimum absolute atomic E-state index is 0.0788. The van der Waals surface area contributed by atoms with Gasteiger partial charge >= 0.3 is 0 Å². The van der Waals surface area contributed by atoms with Crippen LogP contribution in [0.3, 0.4) is 0 Å². The van der Waals surface area contributed by atoms with E-state index < -0.39 is 21.2 Å². The van der Waals surface area contributed by atoms with Crippen LogP contribution in [-0.2, 0) is 16.9 Å². The molecule has 1 saturated carbocycles. The van der Waals surface area contributed by atoms with Gasteiger partial charge in [-0.25, -0.2) is 8.42 Å². The number of carbonyl (C=O) groups excluding carboxylic acids is 1. The first-order chi connectivity index (χ1) is 11.6. The Balaban J connectivity index is 2.17. The second-order valence-electron chi connectivity index (χ2n) is 6.61. The van der Waals surface area contributed by atoms with E-state index in [2.05, 4.69) is 10.4 Å². The van der Waals surface area contributed by atoms with Crippen LogP contribution in [0.15, 0.2) is 21.8 Å². The highest BCUT2D eigenvalue weighted by Gasteiger charge is 2.28. The minimum Gasteiger partial charge on any atom is -0.381 e.